The third-order valence-electron chi connectivity index (χ3n) is 6.43. The van der Waals surface area contributed by atoms with Gasteiger partial charge >= 0.3 is 0 Å². The lowest BCUT2D eigenvalue weighted by Gasteiger charge is -2.36. The van der Waals surface area contributed by atoms with Crippen LogP contribution >= 0.6 is 0 Å². The van der Waals surface area contributed by atoms with E-state index in [4.69, 9.17) is 9.72 Å². The highest BCUT2D eigenvalue weighted by Gasteiger charge is 2.49. The number of halogens is 2. The number of pyridine rings is 1. The molecule has 2 fully saturated rings. The maximum absolute atomic E-state index is 13.7. The molecule has 1 unspecified atom stereocenters. The normalized spacial score (nSPS) is 19.9. The average Bonchev–Trinajstić information content (AvgIpc) is 3.37. The lowest BCUT2D eigenvalue weighted by Crippen LogP contribution is -2.55. The van der Waals surface area contributed by atoms with E-state index in [1.54, 1.807) is 13.2 Å². The van der Waals surface area contributed by atoms with E-state index in [0.717, 1.165) is 16.6 Å². The second-order valence-corrected chi connectivity index (χ2v) is 8.41. The molecule has 4 aromatic rings. The molecule has 0 radical (unpaired) electrons. The fourth-order valence-corrected chi connectivity index (χ4v) is 4.31. The molecule has 170 valence electrons. The number of ether oxygens (including phenoxy) is 1. The van der Waals surface area contributed by atoms with Crippen LogP contribution in [0.4, 0.5) is 14.6 Å². The Kier molecular flexibility index (Phi) is 4.37. The van der Waals surface area contributed by atoms with Crippen molar-refractivity contribution in [1.82, 2.24) is 29.5 Å². The number of aromatic nitrogens is 5. The van der Waals surface area contributed by atoms with Crippen molar-refractivity contribution in [3.05, 3.63) is 42.4 Å². The van der Waals surface area contributed by atoms with Crippen LogP contribution in [-0.4, -0.2) is 62.3 Å². The maximum atomic E-state index is 13.7. The van der Waals surface area contributed by atoms with Crippen LogP contribution < -0.4 is 10.6 Å². The lowest BCUT2D eigenvalue weighted by molar-refractivity contribution is -0.102. The Morgan fingerprint density at radius 1 is 1.30 bits per heavy atom. The van der Waals surface area contributed by atoms with Crippen molar-refractivity contribution in [3.63, 3.8) is 0 Å². The minimum absolute atomic E-state index is 0.144. The van der Waals surface area contributed by atoms with Crippen molar-refractivity contribution in [2.45, 2.75) is 30.8 Å². The van der Waals surface area contributed by atoms with Gasteiger partial charge in [0.25, 0.3) is 11.8 Å². The van der Waals surface area contributed by atoms with Crippen LogP contribution in [0.2, 0.25) is 0 Å². The molecule has 2 aliphatic rings. The second kappa shape index (κ2) is 7.20. The number of hydrogen-bond acceptors (Lipinski definition) is 6. The zero-order valence-electron chi connectivity index (χ0n) is 17.8. The SMILES string of the molecule is CNc1cc(-c2cn(C3COC3)c3ncccc23)nc2c(C(=O)NC3CCC3(F)F)cnn12. The van der Waals surface area contributed by atoms with E-state index in [1.807, 2.05) is 24.4 Å². The van der Waals surface area contributed by atoms with Gasteiger partial charge in [-0.15, -0.1) is 0 Å². The first-order valence-electron chi connectivity index (χ1n) is 10.7. The van der Waals surface area contributed by atoms with Gasteiger partial charge in [-0.1, -0.05) is 0 Å². The predicted molar refractivity (Wildman–Crippen MR) is 117 cm³/mol. The maximum Gasteiger partial charge on any atom is 0.267 e. The van der Waals surface area contributed by atoms with Crippen LogP contribution in [0.15, 0.2) is 36.8 Å². The molecular formula is C22H21F2N7O2. The van der Waals surface area contributed by atoms with E-state index < -0.39 is 17.9 Å². The fourth-order valence-electron chi connectivity index (χ4n) is 4.31. The number of nitrogens with zero attached hydrogens (tertiary/aromatic N) is 5. The number of alkyl halides is 2. The van der Waals surface area contributed by atoms with E-state index in [0.29, 0.717) is 24.7 Å². The summed E-state index contributed by atoms with van der Waals surface area (Å²) in [6.07, 6.45) is 5.12. The Morgan fingerprint density at radius 2 is 2.15 bits per heavy atom. The highest BCUT2D eigenvalue weighted by molar-refractivity contribution is 6.01. The molecule has 0 aromatic carbocycles. The third kappa shape index (κ3) is 3.06. The predicted octanol–water partition coefficient (Wildman–Crippen LogP) is 2.89. The van der Waals surface area contributed by atoms with E-state index in [9.17, 15) is 13.6 Å². The first-order chi connectivity index (χ1) is 16.0. The number of rotatable bonds is 5. The smallest absolute Gasteiger partial charge is 0.267 e. The number of hydrogen-bond donors (Lipinski definition) is 2. The monoisotopic (exact) mass is 453 g/mol. The molecule has 11 heteroatoms. The summed E-state index contributed by atoms with van der Waals surface area (Å²) in [6.45, 7) is 1.24. The van der Waals surface area contributed by atoms with Gasteiger partial charge in [-0.2, -0.15) is 9.61 Å². The Hall–Kier alpha value is -3.60. The van der Waals surface area contributed by atoms with Gasteiger partial charge in [0.05, 0.1) is 37.2 Å². The summed E-state index contributed by atoms with van der Waals surface area (Å²) in [5.41, 5.74) is 2.72. The fraction of sp³-hybridized carbons (Fsp3) is 0.364. The molecule has 5 heterocycles. The quantitative estimate of drug-likeness (QED) is 0.482. The van der Waals surface area contributed by atoms with E-state index in [2.05, 4.69) is 25.3 Å². The third-order valence-corrected chi connectivity index (χ3v) is 6.43. The molecule has 1 atom stereocenters. The Morgan fingerprint density at radius 3 is 2.82 bits per heavy atom. The number of carbonyl (C=O) groups is 1. The Balaban J connectivity index is 1.46. The number of anilines is 1. The summed E-state index contributed by atoms with van der Waals surface area (Å²) < 4.78 is 36.3. The zero-order chi connectivity index (χ0) is 22.7. The van der Waals surface area contributed by atoms with Crippen LogP contribution in [-0.2, 0) is 4.74 Å². The highest BCUT2D eigenvalue weighted by Crippen LogP contribution is 2.38. The number of nitrogens with one attached hydrogen (secondary N) is 2. The summed E-state index contributed by atoms with van der Waals surface area (Å²) >= 11 is 0. The zero-order valence-corrected chi connectivity index (χ0v) is 17.8. The van der Waals surface area contributed by atoms with E-state index in [1.165, 1.54) is 10.7 Å². The Labute approximate surface area is 186 Å². The molecule has 4 aromatic heterocycles. The van der Waals surface area contributed by atoms with Gasteiger partial charge < -0.3 is 19.9 Å². The van der Waals surface area contributed by atoms with Crippen LogP contribution in [0.5, 0.6) is 0 Å². The van der Waals surface area contributed by atoms with Crippen molar-refractivity contribution in [2.24, 2.45) is 0 Å². The van der Waals surface area contributed by atoms with Crippen molar-refractivity contribution < 1.29 is 18.3 Å². The van der Waals surface area contributed by atoms with E-state index in [-0.39, 0.29) is 30.1 Å². The van der Waals surface area contributed by atoms with Crippen molar-refractivity contribution >= 4 is 28.4 Å². The molecular weight excluding hydrogens is 432 g/mol. The largest absolute Gasteiger partial charge is 0.377 e. The molecule has 1 amide bonds. The topological polar surface area (TPSA) is 98.4 Å². The standard InChI is InChI=1S/C22H21F2N7O2/c1-25-18-7-16(15-9-30(12-10-33-11-12)19-13(15)3-2-6-26-19)28-20-14(8-27-31(18)20)21(32)29-17-4-5-22(17,23)24/h2-3,6-9,12,17,25H,4-5,10-11H2,1H3,(H,29,32). The van der Waals surface area contributed by atoms with Crippen molar-refractivity contribution in [1.29, 1.82) is 0 Å². The first-order valence-corrected chi connectivity index (χ1v) is 10.7. The van der Waals surface area contributed by atoms with Gasteiger partial charge in [-0.25, -0.2) is 18.7 Å². The molecule has 1 saturated heterocycles. The molecule has 0 bridgehead atoms. The molecule has 1 saturated carbocycles. The highest BCUT2D eigenvalue weighted by atomic mass is 19.3. The summed E-state index contributed by atoms with van der Waals surface area (Å²) in [5, 5.41) is 10.7. The molecule has 9 nitrogen and oxygen atoms in total. The first kappa shape index (κ1) is 20.0. The number of fused-ring (bicyclic) bond motifs is 2. The minimum atomic E-state index is -2.88. The van der Waals surface area contributed by atoms with Gasteiger partial charge in [0.15, 0.2) is 5.65 Å². The van der Waals surface area contributed by atoms with Crippen LogP contribution in [0, 0.1) is 0 Å². The van der Waals surface area contributed by atoms with Gasteiger partial charge in [0.1, 0.15) is 17.0 Å². The average molecular weight is 453 g/mol. The van der Waals surface area contributed by atoms with Gasteiger partial charge in [0.2, 0.25) is 0 Å². The molecule has 1 aliphatic carbocycles. The molecule has 6 rings (SSSR count). The lowest BCUT2D eigenvalue weighted by atomic mass is 9.88. The Bertz CT molecular complexity index is 1390. The van der Waals surface area contributed by atoms with Crippen molar-refractivity contribution in [2.75, 3.05) is 25.6 Å². The second-order valence-electron chi connectivity index (χ2n) is 8.41. The van der Waals surface area contributed by atoms with Gasteiger partial charge in [-0.3, -0.25) is 4.79 Å². The molecule has 33 heavy (non-hydrogen) atoms. The minimum Gasteiger partial charge on any atom is -0.377 e. The summed E-state index contributed by atoms with van der Waals surface area (Å²) in [7, 11) is 1.74. The summed E-state index contributed by atoms with van der Waals surface area (Å²) in [6, 6.07) is 4.71. The van der Waals surface area contributed by atoms with Gasteiger partial charge in [0, 0.05) is 42.9 Å². The number of carbonyl (C=O) groups excluding carboxylic acids is 1. The van der Waals surface area contributed by atoms with Crippen LogP contribution in [0.1, 0.15) is 29.2 Å². The molecule has 1 aliphatic heterocycles. The summed E-state index contributed by atoms with van der Waals surface area (Å²) in [5.74, 6) is -2.88. The van der Waals surface area contributed by atoms with Crippen molar-refractivity contribution in [3.8, 4) is 11.3 Å². The molecule has 0 spiro atoms. The summed E-state index contributed by atoms with van der Waals surface area (Å²) in [4.78, 5) is 22.1. The van der Waals surface area contributed by atoms with Crippen LogP contribution in [0.3, 0.4) is 0 Å². The van der Waals surface area contributed by atoms with E-state index >= 15 is 0 Å². The number of amides is 1. The van der Waals surface area contributed by atoms with Crippen LogP contribution in [0.25, 0.3) is 27.9 Å². The van der Waals surface area contributed by atoms with Gasteiger partial charge in [-0.05, 0) is 18.6 Å². The molecule has 2 N–H and O–H groups in total.